The summed E-state index contributed by atoms with van der Waals surface area (Å²) in [4.78, 5) is 4.15. The lowest BCUT2D eigenvalue weighted by atomic mass is 9.99. The second-order valence-electron chi connectivity index (χ2n) is 5.85. The van der Waals surface area contributed by atoms with Crippen molar-refractivity contribution in [2.75, 3.05) is 19.6 Å². The maximum atomic E-state index is 5.86. The van der Waals surface area contributed by atoms with Gasteiger partial charge in [-0.2, -0.15) is 5.10 Å². The van der Waals surface area contributed by atoms with E-state index in [2.05, 4.69) is 10.1 Å². The van der Waals surface area contributed by atoms with E-state index in [-0.39, 0.29) is 6.79 Å². The van der Waals surface area contributed by atoms with Crippen molar-refractivity contribution in [1.29, 1.82) is 0 Å². The molecule has 1 aliphatic rings. The standard InChI is InChI=1S/C19H18N4O3/c1-12-10-23(19(20)22-12)21-9-14-7-17-18(26-11-25-17)8-16(14)13-3-5-15(24-2)6-4-13/h3-10H,11H2,1-2H3,(H2,20,22). The van der Waals surface area contributed by atoms with Crippen LogP contribution in [-0.2, 0) is 0 Å². The van der Waals surface area contributed by atoms with Crippen LogP contribution in [0.2, 0.25) is 0 Å². The van der Waals surface area contributed by atoms with Gasteiger partial charge < -0.3 is 19.9 Å². The molecule has 0 amide bonds. The summed E-state index contributed by atoms with van der Waals surface area (Å²) in [6.45, 7) is 2.08. The summed E-state index contributed by atoms with van der Waals surface area (Å²) < 4.78 is 17.8. The highest BCUT2D eigenvalue weighted by Gasteiger charge is 2.17. The molecule has 0 aliphatic carbocycles. The Morgan fingerprint density at radius 2 is 1.92 bits per heavy atom. The third kappa shape index (κ3) is 2.95. The van der Waals surface area contributed by atoms with E-state index < -0.39 is 0 Å². The molecule has 4 rings (SSSR count). The highest BCUT2D eigenvalue weighted by atomic mass is 16.7. The first-order valence-corrected chi connectivity index (χ1v) is 8.08. The molecule has 0 saturated heterocycles. The second-order valence-corrected chi connectivity index (χ2v) is 5.85. The van der Waals surface area contributed by atoms with Gasteiger partial charge in [0.2, 0.25) is 12.7 Å². The predicted molar refractivity (Wildman–Crippen MR) is 98.9 cm³/mol. The van der Waals surface area contributed by atoms with Crippen LogP contribution in [0.1, 0.15) is 11.3 Å². The monoisotopic (exact) mass is 350 g/mol. The molecule has 26 heavy (non-hydrogen) atoms. The Morgan fingerprint density at radius 3 is 2.58 bits per heavy atom. The topological polar surface area (TPSA) is 83.9 Å². The molecule has 0 fully saturated rings. The van der Waals surface area contributed by atoms with Crippen LogP contribution in [0.15, 0.2) is 47.7 Å². The predicted octanol–water partition coefficient (Wildman–Crippen LogP) is 3.06. The van der Waals surface area contributed by atoms with Crippen molar-refractivity contribution in [2.45, 2.75) is 6.92 Å². The van der Waals surface area contributed by atoms with Crippen LogP contribution >= 0.6 is 0 Å². The first kappa shape index (κ1) is 16.0. The third-order valence-corrected chi connectivity index (χ3v) is 4.10. The van der Waals surface area contributed by atoms with Gasteiger partial charge in [-0.25, -0.2) is 9.66 Å². The molecular formula is C19H18N4O3. The van der Waals surface area contributed by atoms with Crippen molar-refractivity contribution in [3.8, 4) is 28.4 Å². The summed E-state index contributed by atoms with van der Waals surface area (Å²) >= 11 is 0. The molecule has 0 atom stereocenters. The summed E-state index contributed by atoms with van der Waals surface area (Å²) in [5.74, 6) is 2.54. The number of hydrogen-bond donors (Lipinski definition) is 1. The lowest BCUT2D eigenvalue weighted by molar-refractivity contribution is 0.174. The fourth-order valence-electron chi connectivity index (χ4n) is 2.81. The van der Waals surface area contributed by atoms with Gasteiger partial charge in [-0.1, -0.05) is 12.1 Å². The van der Waals surface area contributed by atoms with Crippen molar-refractivity contribution in [3.63, 3.8) is 0 Å². The lowest BCUT2D eigenvalue weighted by Crippen LogP contribution is -1.98. The average molecular weight is 350 g/mol. The fourth-order valence-corrected chi connectivity index (χ4v) is 2.81. The molecule has 0 radical (unpaired) electrons. The Labute approximate surface area is 150 Å². The second kappa shape index (κ2) is 6.44. The van der Waals surface area contributed by atoms with Crippen LogP contribution in [-0.4, -0.2) is 29.8 Å². The Kier molecular flexibility index (Phi) is 3.96. The third-order valence-electron chi connectivity index (χ3n) is 4.10. The van der Waals surface area contributed by atoms with Gasteiger partial charge in [0.25, 0.3) is 0 Å². The van der Waals surface area contributed by atoms with E-state index >= 15 is 0 Å². The Hall–Kier alpha value is -3.48. The Balaban J connectivity index is 1.78. The molecule has 0 spiro atoms. The van der Waals surface area contributed by atoms with Crippen LogP contribution in [0.4, 0.5) is 5.95 Å². The number of nitrogens with zero attached hydrogens (tertiary/aromatic N) is 3. The number of benzene rings is 2. The quantitative estimate of drug-likeness (QED) is 0.731. The Morgan fingerprint density at radius 1 is 1.19 bits per heavy atom. The zero-order valence-corrected chi connectivity index (χ0v) is 14.5. The number of nitrogens with two attached hydrogens (primary N) is 1. The number of anilines is 1. The van der Waals surface area contributed by atoms with Crippen LogP contribution in [0.25, 0.3) is 11.1 Å². The number of methoxy groups -OCH3 is 1. The zero-order chi connectivity index (χ0) is 18.1. The van der Waals surface area contributed by atoms with Crippen molar-refractivity contribution >= 4 is 12.2 Å². The number of rotatable bonds is 4. The van der Waals surface area contributed by atoms with Crippen LogP contribution in [0.3, 0.4) is 0 Å². The van der Waals surface area contributed by atoms with Gasteiger partial charge in [-0.3, -0.25) is 0 Å². The summed E-state index contributed by atoms with van der Waals surface area (Å²) in [5, 5.41) is 4.43. The zero-order valence-electron chi connectivity index (χ0n) is 14.5. The highest BCUT2D eigenvalue weighted by molar-refractivity contribution is 5.92. The first-order chi connectivity index (χ1) is 12.6. The van der Waals surface area contributed by atoms with Gasteiger partial charge >= 0.3 is 0 Å². The van der Waals surface area contributed by atoms with E-state index in [9.17, 15) is 0 Å². The molecule has 2 N–H and O–H groups in total. The minimum absolute atomic E-state index is 0.214. The van der Waals surface area contributed by atoms with E-state index in [1.54, 1.807) is 19.5 Å². The van der Waals surface area contributed by atoms with Gasteiger partial charge in [0.05, 0.1) is 25.2 Å². The normalized spacial score (nSPS) is 12.7. The van der Waals surface area contributed by atoms with Gasteiger partial charge in [0.1, 0.15) is 5.75 Å². The van der Waals surface area contributed by atoms with Gasteiger partial charge in [-0.05, 0) is 42.3 Å². The first-order valence-electron chi connectivity index (χ1n) is 8.08. The SMILES string of the molecule is COc1ccc(-c2cc3c(cc2C=Nn2cc(C)nc2N)OCO3)cc1. The largest absolute Gasteiger partial charge is 0.497 e. The van der Waals surface area contributed by atoms with E-state index in [4.69, 9.17) is 19.9 Å². The molecular weight excluding hydrogens is 332 g/mol. The molecule has 7 heteroatoms. The average Bonchev–Trinajstić information content (AvgIpc) is 3.24. The number of fused-ring (bicyclic) bond motifs is 1. The van der Waals surface area contributed by atoms with Crippen LogP contribution in [0.5, 0.6) is 17.2 Å². The van der Waals surface area contributed by atoms with Crippen LogP contribution < -0.4 is 19.9 Å². The maximum absolute atomic E-state index is 5.86. The van der Waals surface area contributed by atoms with E-state index in [0.717, 1.165) is 28.1 Å². The molecule has 7 nitrogen and oxygen atoms in total. The summed E-state index contributed by atoms with van der Waals surface area (Å²) in [6.07, 6.45) is 3.50. The molecule has 0 unspecified atom stereocenters. The van der Waals surface area contributed by atoms with Crippen molar-refractivity contribution < 1.29 is 14.2 Å². The molecule has 132 valence electrons. The number of aromatic nitrogens is 2. The van der Waals surface area contributed by atoms with E-state index in [1.807, 2.05) is 43.3 Å². The lowest BCUT2D eigenvalue weighted by Gasteiger charge is -2.09. The highest BCUT2D eigenvalue weighted by Crippen LogP contribution is 2.38. The number of aryl methyl sites for hydroxylation is 1. The van der Waals surface area contributed by atoms with E-state index in [0.29, 0.717) is 17.4 Å². The van der Waals surface area contributed by atoms with Gasteiger partial charge in [-0.15, -0.1) is 0 Å². The summed E-state index contributed by atoms with van der Waals surface area (Å²) in [6, 6.07) is 11.7. The van der Waals surface area contributed by atoms with Crippen molar-refractivity contribution in [1.82, 2.24) is 9.66 Å². The van der Waals surface area contributed by atoms with Crippen LogP contribution in [0, 0.1) is 6.92 Å². The molecule has 0 bridgehead atoms. The van der Waals surface area contributed by atoms with Crippen molar-refractivity contribution in [3.05, 3.63) is 53.9 Å². The molecule has 1 aliphatic heterocycles. The van der Waals surface area contributed by atoms with Crippen molar-refractivity contribution in [2.24, 2.45) is 5.10 Å². The smallest absolute Gasteiger partial charge is 0.231 e. The maximum Gasteiger partial charge on any atom is 0.231 e. The molecule has 3 aromatic rings. The van der Waals surface area contributed by atoms with E-state index in [1.165, 1.54) is 4.68 Å². The summed E-state index contributed by atoms with van der Waals surface area (Å²) in [7, 11) is 1.64. The molecule has 0 saturated carbocycles. The minimum atomic E-state index is 0.214. The molecule has 2 aromatic carbocycles. The van der Waals surface area contributed by atoms with Gasteiger partial charge in [0, 0.05) is 5.56 Å². The Bertz CT molecular complexity index is 977. The molecule has 1 aromatic heterocycles. The fraction of sp³-hybridized carbons (Fsp3) is 0.158. The minimum Gasteiger partial charge on any atom is -0.497 e. The van der Waals surface area contributed by atoms with Gasteiger partial charge in [0.15, 0.2) is 11.5 Å². The molecule has 2 heterocycles. The number of nitrogen functional groups attached to an aromatic ring is 1. The number of ether oxygens (including phenoxy) is 3. The number of imidazole rings is 1. The summed E-state index contributed by atoms with van der Waals surface area (Å²) in [5.41, 5.74) is 9.53. The number of hydrogen-bond acceptors (Lipinski definition) is 6.